The Labute approximate surface area is 124 Å². The molecule has 108 valence electrons. The number of nitrogens with one attached hydrogen (secondary N) is 1. The zero-order chi connectivity index (χ0) is 14.3. The summed E-state index contributed by atoms with van der Waals surface area (Å²) in [6.07, 6.45) is 2.34. The van der Waals surface area contributed by atoms with Crippen LogP contribution in [0.2, 0.25) is 0 Å². The summed E-state index contributed by atoms with van der Waals surface area (Å²) in [5, 5.41) is 3.46. The molecule has 1 spiro atoms. The molecule has 1 fully saturated rings. The van der Waals surface area contributed by atoms with E-state index < -0.39 is 0 Å². The van der Waals surface area contributed by atoms with E-state index in [4.69, 9.17) is 0 Å². The van der Waals surface area contributed by atoms with Gasteiger partial charge in [0.2, 0.25) is 0 Å². The van der Waals surface area contributed by atoms with Gasteiger partial charge in [-0.05, 0) is 61.8 Å². The smallest absolute Gasteiger partial charge is 0.123 e. The third-order valence-corrected chi connectivity index (χ3v) is 4.93. The lowest BCUT2D eigenvalue weighted by Gasteiger charge is -2.35. The second kappa shape index (κ2) is 4.85. The van der Waals surface area contributed by atoms with Gasteiger partial charge in [0.05, 0.1) is 0 Å². The molecule has 0 saturated carbocycles. The predicted octanol–water partition coefficient (Wildman–Crippen LogP) is 3.60. The molecule has 0 aromatic heterocycles. The first-order valence-corrected chi connectivity index (χ1v) is 7.62. The van der Waals surface area contributed by atoms with E-state index in [-0.39, 0.29) is 11.2 Å². The van der Waals surface area contributed by atoms with E-state index in [1.165, 1.54) is 24.1 Å². The lowest BCUT2D eigenvalue weighted by Crippen LogP contribution is -2.42. The van der Waals surface area contributed by atoms with Crippen molar-refractivity contribution < 1.29 is 4.39 Å². The summed E-state index contributed by atoms with van der Waals surface area (Å²) in [6, 6.07) is 15.5. The summed E-state index contributed by atoms with van der Waals surface area (Å²) >= 11 is 0. The largest absolute Gasteiger partial charge is 0.340 e. The van der Waals surface area contributed by atoms with Gasteiger partial charge < -0.3 is 10.2 Å². The topological polar surface area (TPSA) is 15.3 Å². The summed E-state index contributed by atoms with van der Waals surface area (Å²) in [4.78, 5) is 2.35. The van der Waals surface area contributed by atoms with Gasteiger partial charge >= 0.3 is 0 Å². The van der Waals surface area contributed by atoms with E-state index in [0.717, 1.165) is 25.3 Å². The van der Waals surface area contributed by atoms with Crippen LogP contribution in [0.4, 0.5) is 15.8 Å². The minimum absolute atomic E-state index is 0.178. The zero-order valence-corrected chi connectivity index (χ0v) is 12.0. The Morgan fingerprint density at radius 3 is 2.43 bits per heavy atom. The van der Waals surface area contributed by atoms with Crippen LogP contribution in [-0.2, 0) is 5.41 Å². The lowest BCUT2D eigenvalue weighted by atomic mass is 9.75. The third kappa shape index (κ3) is 2.04. The fraction of sp³-hybridized carbons (Fsp3) is 0.333. The van der Waals surface area contributed by atoms with Crippen molar-refractivity contribution >= 4 is 11.4 Å². The Morgan fingerprint density at radius 2 is 1.67 bits per heavy atom. The van der Waals surface area contributed by atoms with Gasteiger partial charge in [0, 0.05) is 23.3 Å². The van der Waals surface area contributed by atoms with Crippen molar-refractivity contribution in [3.63, 3.8) is 0 Å². The van der Waals surface area contributed by atoms with Crippen molar-refractivity contribution in [1.29, 1.82) is 0 Å². The molecule has 2 aromatic rings. The minimum atomic E-state index is -0.178. The number of hydrogen-bond donors (Lipinski definition) is 1. The van der Waals surface area contributed by atoms with Crippen molar-refractivity contribution in [2.75, 3.05) is 24.5 Å². The summed E-state index contributed by atoms with van der Waals surface area (Å²) in [7, 11) is 0. The molecule has 2 heterocycles. The van der Waals surface area contributed by atoms with Gasteiger partial charge in [0.1, 0.15) is 5.82 Å². The highest BCUT2D eigenvalue weighted by molar-refractivity contribution is 5.72. The number of hydrogen-bond acceptors (Lipinski definition) is 2. The van der Waals surface area contributed by atoms with Crippen LogP contribution in [0.3, 0.4) is 0 Å². The van der Waals surface area contributed by atoms with Gasteiger partial charge in [-0.15, -0.1) is 0 Å². The average Bonchev–Trinajstić information content (AvgIpc) is 2.84. The summed E-state index contributed by atoms with van der Waals surface area (Å²) in [5.41, 5.74) is 4.07. The number of anilines is 2. The predicted molar refractivity (Wildman–Crippen MR) is 83.6 cm³/mol. The van der Waals surface area contributed by atoms with Crippen LogP contribution in [-0.4, -0.2) is 19.6 Å². The standard InChI is InChI=1S/C18H19FN2/c19-14-5-7-15(8-6-14)21-13-18(9-11-20-12-10-18)16-3-1-2-4-17(16)21/h1-8,20H,9-13H2. The number of para-hydroxylation sites is 1. The quantitative estimate of drug-likeness (QED) is 0.859. The molecule has 1 N–H and O–H groups in total. The molecular weight excluding hydrogens is 263 g/mol. The molecule has 1 saturated heterocycles. The Morgan fingerprint density at radius 1 is 0.952 bits per heavy atom. The second-order valence-corrected chi connectivity index (χ2v) is 6.11. The molecule has 0 unspecified atom stereocenters. The number of rotatable bonds is 1. The van der Waals surface area contributed by atoms with Gasteiger partial charge in [0.25, 0.3) is 0 Å². The number of benzene rings is 2. The molecule has 0 atom stereocenters. The molecule has 2 aliphatic rings. The van der Waals surface area contributed by atoms with E-state index in [0.29, 0.717) is 0 Å². The first-order valence-electron chi connectivity index (χ1n) is 7.62. The highest BCUT2D eigenvalue weighted by Gasteiger charge is 2.43. The second-order valence-electron chi connectivity index (χ2n) is 6.11. The molecule has 2 aromatic carbocycles. The Kier molecular flexibility index (Phi) is 2.96. The highest BCUT2D eigenvalue weighted by Crippen LogP contribution is 2.48. The molecule has 0 aliphatic carbocycles. The van der Waals surface area contributed by atoms with Crippen LogP contribution in [0.15, 0.2) is 48.5 Å². The minimum Gasteiger partial charge on any atom is -0.340 e. The van der Waals surface area contributed by atoms with Gasteiger partial charge in [-0.25, -0.2) is 4.39 Å². The SMILES string of the molecule is Fc1ccc(N2CC3(CCNCC3)c3ccccc32)cc1. The Hall–Kier alpha value is -1.87. The summed E-state index contributed by atoms with van der Waals surface area (Å²) in [5.74, 6) is -0.178. The zero-order valence-electron chi connectivity index (χ0n) is 12.0. The van der Waals surface area contributed by atoms with Crippen LogP contribution < -0.4 is 10.2 Å². The number of fused-ring (bicyclic) bond motifs is 2. The molecule has 4 rings (SSSR count). The average molecular weight is 282 g/mol. The molecule has 21 heavy (non-hydrogen) atoms. The van der Waals surface area contributed by atoms with Crippen molar-refractivity contribution in [3.05, 3.63) is 59.9 Å². The van der Waals surface area contributed by atoms with Crippen molar-refractivity contribution in [2.45, 2.75) is 18.3 Å². The maximum atomic E-state index is 13.2. The van der Waals surface area contributed by atoms with E-state index in [9.17, 15) is 4.39 Å². The number of nitrogens with zero attached hydrogens (tertiary/aromatic N) is 1. The molecule has 0 bridgehead atoms. The first-order chi connectivity index (χ1) is 10.3. The van der Waals surface area contributed by atoms with E-state index in [1.54, 1.807) is 12.1 Å². The molecule has 3 heteroatoms. The van der Waals surface area contributed by atoms with Crippen molar-refractivity contribution in [2.24, 2.45) is 0 Å². The van der Waals surface area contributed by atoms with Gasteiger partial charge in [-0.3, -0.25) is 0 Å². The third-order valence-electron chi connectivity index (χ3n) is 4.93. The fourth-order valence-corrected chi connectivity index (χ4v) is 3.81. The Bertz CT molecular complexity index is 645. The summed E-state index contributed by atoms with van der Waals surface area (Å²) < 4.78 is 13.2. The van der Waals surface area contributed by atoms with Crippen LogP contribution in [0.1, 0.15) is 18.4 Å². The van der Waals surface area contributed by atoms with Crippen LogP contribution in [0.5, 0.6) is 0 Å². The van der Waals surface area contributed by atoms with E-state index >= 15 is 0 Å². The molecule has 2 aliphatic heterocycles. The van der Waals surface area contributed by atoms with E-state index in [1.807, 2.05) is 12.1 Å². The van der Waals surface area contributed by atoms with Crippen LogP contribution >= 0.6 is 0 Å². The normalized spacial score (nSPS) is 19.8. The monoisotopic (exact) mass is 282 g/mol. The highest BCUT2D eigenvalue weighted by atomic mass is 19.1. The molecule has 2 nitrogen and oxygen atoms in total. The Balaban J connectivity index is 1.79. The maximum absolute atomic E-state index is 13.2. The van der Waals surface area contributed by atoms with Crippen LogP contribution in [0.25, 0.3) is 0 Å². The van der Waals surface area contributed by atoms with Crippen molar-refractivity contribution in [1.82, 2.24) is 5.32 Å². The first kappa shape index (κ1) is 12.8. The molecule has 0 radical (unpaired) electrons. The van der Waals surface area contributed by atoms with Gasteiger partial charge in [-0.1, -0.05) is 18.2 Å². The molecule has 0 amide bonds. The van der Waals surface area contributed by atoms with E-state index in [2.05, 4.69) is 34.5 Å². The number of piperidine rings is 1. The van der Waals surface area contributed by atoms with Crippen LogP contribution in [0, 0.1) is 5.82 Å². The fourth-order valence-electron chi connectivity index (χ4n) is 3.81. The van der Waals surface area contributed by atoms with Gasteiger partial charge in [-0.2, -0.15) is 0 Å². The maximum Gasteiger partial charge on any atom is 0.123 e. The lowest BCUT2D eigenvalue weighted by molar-refractivity contribution is 0.329. The van der Waals surface area contributed by atoms with Crippen molar-refractivity contribution in [3.8, 4) is 0 Å². The van der Waals surface area contributed by atoms with Gasteiger partial charge in [0.15, 0.2) is 0 Å². The number of halogens is 1. The molecular formula is C18H19FN2. The summed E-state index contributed by atoms with van der Waals surface area (Å²) in [6.45, 7) is 3.15.